The highest BCUT2D eigenvalue weighted by molar-refractivity contribution is 5.96. The molecule has 0 heterocycles. The molecule has 2 amide bonds. The van der Waals surface area contributed by atoms with Gasteiger partial charge in [-0.3, -0.25) is 9.59 Å². The van der Waals surface area contributed by atoms with Gasteiger partial charge < -0.3 is 15.4 Å². The second-order valence-corrected chi connectivity index (χ2v) is 7.11. The average molecular weight is 416 g/mol. The van der Waals surface area contributed by atoms with Gasteiger partial charge in [0.1, 0.15) is 0 Å². The second kappa shape index (κ2) is 10.2. The van der Waals surface area contributed by atoms with Gasteiger partial charge in [-0.05, 0) is 48.2 Å². The van der Waals surface area contributed by atoms with Gasteiger partial charge in [0.15, 0.2) is 6.61 Å². The summed E-state index contributed by atoms with van der Waals surface area (Å²) in [5, 5.41) is 5.23. The van der Waals surface area contributed by atoms with E-state index in [1.807, 2.05) is 74.5 Å². The Bertz CT molecular complexity index is 1060. The fraction of sp³-hybridized carbons (Fsp3) is 0.160. The van der Waals surface area contributed by atoms with E-state index in [1.165, 1.54) is 0 Å². The number of nitrogens with one attached hydrogen (secondary N) is 2. The van der Waals surface area contributed by atoms with Crippen LogP contribution in [0.25, 0.3) is 11.1 Å². The number of carbonyl (C=O) groups excluding carboxylic acids is 3. The molecular weight excluding hydrogens is 392 g/mol. The molecule has 0 fully saturated rings. The molecule has 158 valence electrons. The van der Waals surface area contributed by atoms with E-state index < -0.39 is 18.5 Å². The zero-order valence-corrected chi connectivity index (χ0v) is 17.5. The van der Waals surface area contributed by atoms with E-state index in [9.17, 15) is 14.4 Å². The summed E-state index contributed by atoms with van der Waals surface area (Å²) < 4.78 is 5.04. The van der Waals surface area contributed by atoms with Crippen LogP contribution < -0.4 is 10.6 Å². The standard InChI is InChI=1S/C25H24N2O4/c1-17-7-6-8-18(2)24(17)27-22(28)15-26-23(29)16-31-25(30)21-13-11-20(12-14-21)19-9-4-3-5-10-19/h3-14H,15-16H2,1-2H3,(H,26,29)(H,27,28). The lowest BCUT2D eigenvalue weighted by Crippen LogP contribution is -2.35. The minimum absolute atomic E-state index is 0.212. The molecule has 0 saturated heterocycles. The molecule has 31 heavy (non-hydrogen) atoms. The number of amides is 2. The Morgan fingerprint density at radius 3 is 2.00 bits per heavy atom. The van der Waals surface area contributed by atoms with Crippen LogP contribution in [0.5, 0.6) is 0 Å². The Morgan fingerprint density at radius 2 is 1.35 bits per heavy atom. The quantitative estimate of drug-likeness (QED) is 0.573. The van der Waals surface area contributed by atoms with Crippen molar-refractivity contribution in [3.05, 3.63) is 89.5 Å². The molecular formula is C25H24N2O4. The van der Waals surface area contributed by atoms with Crippen LogP contribution >= 0.6 is 0 Å². The predicted molar refractivity (Wildman–Crippen MR) is 120 cm³/mol. The van der Waals surface area contributed by atoms with Gasteiger partial charge in [-0.2, -0.15) is 0 Å². The van der Waals surface area contributed by atoms with E-state index in [0.717, 1.165) is 27.9 Å². The molecule has 3 rings (SSSR count). The van der Waals surface area contributed by atoms with Crippen molar-refractivity contribution < 1.29 is 19.1 Å². The Kier molecular flexibility index (Phi) is 7.17. The number of benzene rings is 3. The number of para-hydroxylation sites is 1. The normalized spacial score (nSPS) is 10.3. The summed E-state index contributed by atoms with van der Waals surface area (Å²) in [7, 11) is 0. The lowest BCUT2D eigenvalue weighted by molar-refractivity contribution is -0.126. The van der Waals surface area contributed by atoms with E-state index in [1.54, 1.807) is 12.1 Å². The van der Waals surface area contributed by atoms with Gasteiger partial charge >= 0.3 is 5.97 Å². The first-order valence-corrected chi connectivity index (χ1v) is 9.89. The Hall–Kier alpha value is -3.93. The first kappa shape index (κ1) is 21.8. The number of hydrogen-bond acceptors (Lipinski definition) is 4. The van der Waals surface area contributed by atoms with Crippen LogP contribution in [0.3, 0.4) is 0 Å². The van der Waals surface area contributed by atoms with Crippen molar-refractivity contribution in [1.82, 2.24) is 5.32 Å². The van der Waals surface area contributed by atoms with Crippen molar-refractivity contribution in [2.75, 3.05) is 18.5 Å². The molecule has 6 nitrogen and oxygen atoms in total. The summed E-state index contributed by atoms with van der Waals surface area (Å²) in [6.45, 7) is 3.12. The molecule has 0 aliphatic carbocycles. The number of hydrogen-bond donors (Lipinski definition) is 2. The summed E-state index contributed by atoms with van der Waals surface area (Å²) in [5.74, 6) is -1.51. The molecule has 3 aromatic carbocycles. The third-order valence-corrected chi connectivity index (χ3v) is 4.75. The average Bonchev–Trinajstić information content (AvgIpc) is 2.79. The van der Waals surface area contributed by atoms with E-state index in [2.05, 4.69) is 10.6 Å². The maximum Gasteiger partial charge on any atom is 0.338 e. The van der Waals surface area contributed by atoms with Gasteiger partial charge in [0.25, 0.3) is 5.91 Å². The van der Waals surface area contributed by atoms with Crippen LogP contribution in [0.1, 0.15) is 21.5 Å². The number of carbonyl (C=O) groups is 3. The molecule has 3 aromatic rings. The minimum atomic E-state index is -0.602. The SMILES string of the molecule is Cc1cccc(C)c1NC(=O)CNC(=O)COC(=O)c1ccc(-c2ccccc2)cc1. The predicted octanol–water partition coefficient (Wildman–Crippen LogP) is 3.88. The molecule has 0 aromatic heterocycles. The maximum atomic E-state index is 12.2. The maximum absolute atomic E-state index is 12.2. The van der Waals surface area contributed by atoms with E-state index in [4.69, 9.17) is 4.74 Å². The van der Waals surface area contributed by atoms with E-state index >= 15 is 0 Å². The molecule has 0 unspecified atom stereocenters. The topological polar surface area (TPSA) is 84.5 Å². The zero-order chi connectivity index (χ0) is 22.2. The summed E-state index contributed by atoms with van der Waals surface area (Å²) in [6, 6.07) is 22.4. The van der Waals surface area contributed by atoms with Crippen molar-refractivity contribution >= 4 is 23.5 Å². The largest absolute Gasteiger partial charge is 0.452 e. The summed E-state index contributed by atoms with van der Waals surface area (Å²) >= 11 is 0. The van der Waals surface area contributed by atoms with E-state index in [0.29, 0.717) is 5.56 Å². The van der Waals surface area contributed by atoms with Crippen LogP contribution in [0.2, 0.25) is 0 Å². The summed E-state index contributed by atoms with van der Waals surface area (Å²) in [4.78, 5) is 36.2. The van der Waals surface area contributed by atoms with Crippen LogP contribution in [0.15, 0.2) is 72.8 Å². The highest BCUT2D eigenvalue weighted by atomic mass is 16.5. The smallest absolute Gasteiger partial charge is 0.338 e. The monoisotopic (exact) mass is 416 g/mol. The van der Waals surface area contributed by atoms with Crippen molar-refractivity contribution in [1.29, 1.82) is 0 Å². The summed E-state index contributed by atoms with van der Waals surface area (Å²) in [6.07, 6.45) is 0. The first-order valence-electron chi connectivity index (χ1n) is 9.89. The Balaban J connectivity index is 1.45. The summed E-state index contributed by atoms with van der Waals surface area (Å²) in [5.41, 5.74) is 4.97. The number of esters is 1. The van der Waals surface area contributed by atoms with Crippen LogP contribution in [-0.4, -0.2) is 30.9 Å². The molecule has 0 saturated carbocycles. The number of anilines is 1. The third-order valence-electron chi connectivity index (χ3n) is 4.75. The van der Waals surface area contributed by atoms with Gasteiger partial charge in [-0.15, -0.1) is 0 Å². The van der Waals surface area contributed by atoms with Gasteiger partial charge in [0, 0.05) is 5.69 Å². The minimum Gasteiger partial charge on any atom is -0.452 e. The van der Waals surface area contributed by atoms with Crippen LogP contribution in [0, 0.1) is 13.8 Å². The van der Waals surface area contributed by atoms with Crippen molar-refractivity contribution in [2.45, 2.75) is 13.8 Å². The lowest BCUT2D eigenvalue weighted by atomic mass is 10.0. The molecule has 0 atom stereocenters. The number of ether oxygens (including phenoxy) is 1. The molecule has 6 heteroatoms. The zero-order valence-electron chi connectivity index (χ0n) is 17.5. The third kappa shape index (κ3) is 6.02. The molecule has 2 N–H and O–H groups in total. The Labute approximate surface area is 181 Å². The molecule has 0 spiro atoms. The van der Waals surface area contributed by atoms with Crippen LogP contribution in [-0.2, 0) is 14.3 Å². The number of rotatable bonds is 7. The fourth-order valence-electron chi connectivity index (χ4n) is 3.07. The second-order valence-electron chi connectivity index (χ2n) is 7.11. The molecule has 0 bridgehead atoms. The first-order chi connectivity index (χ1) is 14.9. The number of aryl methyl sites for hydroxylation is 2. The Morgan fingerprint density at radius 1 is 0.742 bits per heavy atom. The molecule has 0 aliphatic rings. The van der Waals surface area contributed by atoms with Crippen molar-refractivity contribution in [3.8, 4) is 11.1 Å². The molecule has 0 aliphatic heterocycles. The van der Waals surface area contributed by atoms with Gasteiger partial charge in [0.05, 0.1) is 12.1 Å². The lowest BCUT2D eigenvalue weighted by Gasteiger charge is -2.12. The van der Waals surface area contributed by atoms with Gasteiger partial charge in [-0.1, -0.05) is 60.7 Å². The fourth-order valence-corrected chi connectivity index (χ4v) is 3.07. The highest BCUT2D eigenvalue weighted by Gasteiger charge is 2.12. The van der Waals surface area contributed by atoms with Gasteiger partial charge in [0.2, 0.25) is 5.91 Å². The molecule has 0 radical (unpaired) electrons. The van der Waals surface area contributed by atoms with Crippen molar-refractivity contribution in [2.24, 2.45) is 0 Å². The van der Waals surface area contributed by atoms with Gasteiger partial charge in [-0.25, -0.2) is 4.79 Å². The van der Waals surface area contributed by atoms with E-state index in [-0.39, 0.29) is 12.5 Å². The van der Waals surface area contributed by atoms with Crippen LogP contribution in [0.4, 0.5) is 5.69 Å². The highest BCUT2D eigenvalue weighted by Crippen LogP contribution is 2.20. The van der Waals surface area contributed by atoms with Crippen molar-refractivity contribution in [3.63, 3.8) is 0 Å².